The number of aromatic nitrogens is 3. The number of hydrogen-bond donors (Lipinski definition) is 2. The molecule has 1 aliphatic rings. The summed E-state index contributed by atoms with van der Waals surface area (Å²) in [4.78, 5) is 14.7. The summed E-state index contributed by atoms with van der Waals surface area (Å²) in [5.74, 6) is 1.70. The summed E-state index contributed by atoms with van der Waals surface area (Å²) in [7, 11) is 0. The van der Waals surface area contributed by atoms with Gasteiger partial charge < -0.3 is 15.0 Å². The van der Waals surface area contributed by atoms with Crippen molar-refractivity contribution in [3.63, 3.8) is 0 Å². The van der Waals surface area contributed by atoms with E-state index in [1.54, 1.807) is 6.33 Å². The number of hydrogen-bond acceptors (Lipinski definition) is 4. The van der Waals surface area contributed by atoms with Crippen molar-refractivity contribution >= 4 is 16.9 Å². The Morgan fingerprint density at radius 1 is 1.33 bits per heavy atom. The molecule has 1 aliphatic heterocycles. The second-order valence-electron chi connectivity index (χ2n) is 6.68. The van der Waals surface area contributed by atoms with Crippen LogP contribution in [0.25, 0.3) is 22.2 Å². The van der Waals surface area contributed by atoms with Crippen LogP contribution in [0, 0.1) is 5.92 Å². The Bertz CT molecular complexity index is 857. The van der Waals surface area contributed by atoms with Crippen molar-refractivity contribution in [2.24, 2.45) is 5.92 Å². The number of piperidine rings is 1. The minimum atomic E-state index is 0.0448. The van der Waals surface area contributed by atoms with E-state index in [-0.39, 0.29) is 6.61 Å². The lowest BCUT2D eigenvalue weighted by molar-refractivity contribution is 0.282. The number of anilines is 1. The van der Waals surface area contributed by atoms with Gasteiger partial charge in [0.05, 0.1) is 12.0 Å². The van der Waals surface area contributed by atoms with Crippen molar-refractivity contribution in [1.82, 2.24) is 15.0 Å². The van der Waals surface area contributed by atoms with Crippen molar-refractivity contribution in [3.8, 4) is 11.1 Å². The molecule has 0 saturated carbocycles. The number of aromatic amines is 1. The average molecular weight is 322 g/mol. The Morgan fingerprint density at radius 3 is 3.08 bits per heavy atom. The number of nitrogens with zero attached hydrogens (tertiary/aromatic N) is 3. The van der Waals surface area contributed by atoms with Gasteiger partial charge in [-0.15, -0.1) is 0 Å². The van der Waals surface area contributed by atoms with Gasteiger partial charge in [0, 0.05) is 24.8 Å². The van der Waals surface area contributed by atoms with Gasteiger partial charge in [0.2, 0.25) is 0 Å². The van der Waals surface area contributed by atoms with Gasteiger partial charge in [-0.1, -0.05) is 25.1 Å². The van der Waals surface area contributed by atoms with E-state index in [2.05, 4.69) is 32.8 Å². The highest BCUT2D eigenvalue weighted by Gasteiger charge is 2.22. The molecular formula is C19H22N4O. The van der Waals surface area contributed by atoms with Gasteiger partial charge in [-0.2, -0.15) is 0 Å². The third-order valence-corrected chi connectivity index (χ3v) is 4.83. The van der Waals surface area contributed by atoms with Gasteiger partial charge in [-0.3, -0.25) is 0 Å². The van der Waals surface area contributed by atoms with Gasteiger partial charge in [-0.05, 0) is 36.0 Å². The lowest BCUT2D eigenvalue weighted by Crippen LogP contribution is -2.35. The number of H-pyrrole nitrogens is 1. The number of fused-ring (bicyclic) bond motifs is 1. The fraction of sp³-hybridized carbons (Fsp3) is 0.368. The molecule has 0 aliphatic carbocycles. The zero-order valence-corrected chi connectivity index (χ0v) is 13.9. The molecule has 1 fully saturated rings. The molecule has 2 N–H and O–H groups in total. The highest BCUT2D eigenvalue weighted by molar-refractivity contribution is 6.01. The lowest BCUT2D eigenvalue weighted by atomic mass is 9.99. The smallest absolute Gasteiger partial charge is 0.143 e. The summed E-state index contributed by atoms with van der Waals surface area (Å²) in [6.07, 6.45) is 6.11. The molecule has 3 aromatic rings. The SMILES string of the molecule is C[C@H]1CCCN(c2ncnc3[nH]cc(-c4cccc(CO)c4)c23)C1. The summed E-state index contributed by atoms with van der Waals surface area (Å²) in [5.41, 5.74) is 3.94. The van der Waals surface area contributed by atoms with Crippen molar-refractivity contribution in [2.75, 3.05) is 18.0 Å². The molecule has 5 heteroatoms. The molecule has 0 spiro atoms. The lowest BCUT2D eigenvalue weighted by Gasteiger charge is -2.32. The van der Waals surface area contributed by atoms with Crippen LogP contribution in [-0.4, -0.2) is 33.1 Å². The van der Waals surface area contributed by atoms with Crippen LogP contribution in [0.15, 0.2) is 36.8 Å². The molecule has 0 bridgehead atoms. The summed E-state index contributed by atoms with van der Waals surface area (Å²) in [6, 6.07) is 8.00. The standard InChI is InChI=1S/C19H22N4O/c1-13-4-3-7-23(10-13)19-17-16(9-20-18(17)21-12-22-19)15-6-2-5-14(8-15)11-24/h2,5-6,8-9,12-13,24H,3-4,7,10-11H2,1H3,(H,20,21,22)/t13-/m0/s1. The molecule has 24 heavy (non-hydrogen) atoms. The van der Waals surface area contributed by atoms with Crippen molar-refractivity contribution in [2.45, 2.75) is 26.4 Å². The number of aliphatic hydroxyl groups excluding tert-OH is 1. The Balaban J connectivity index is 1.85. The molecule has 0 radical (unpaired) electrons. The molecule has 4 rings (SSSR count). The van der Waals surface area contributed by atoms with Crippen LogP contribution in [0.3, 0.4) is 0 Å². The molecule has 0 amide bonds. The monoisotopic (exact) mass is 322 g/mol. The predicted octanol–water partition coefficient (Wildman–Crippen LogP) is 3.35. The first-order chi connectivity index (χ1) is 11.8. The highest BCUT2D eigenvalue weighted by atomic mass is 16.3. The van der Waals surface area contributed by atoms with E-state index < -0.39 is 0 Å². The summed E-state index contributed by atoms with van der Waals surface area (Å²) >= 11 is 0. The maximum absolute atomic E-state index is 9.42. The Kier molecular flexibility index (Phi) is 3.94. The Labute approximate surface area is 141 Å². The van der Waals surface area contributed by atoms with Crippen LogP contribution in [-0.2, 0) is 6.61 Å². The third kappa shape index (κ3) is 2.65. The molecule has 5 nitrogen and oxygen atoms in total. The average Bonchev–Trinajstić information content (AvgIpc) is 3.06. The van der Waals surface area contributed by atoms with Crippen LogP contribution in [0.5, 0.6) is 0 Å². The van der Waals surface area contributed by atoms with E-state index in [0.717, 1.165) is 46.6 Å². The van der Waals surface area contributed by atoms with E-state index in [1.165, 1.54) is 12.8 Å². The summed E-state index contributed by atoms with van der Waals surface area (Å²) < 4.78 is 0. The van der Waals surface area contributed by atoms with Gasteiger partial charge in [0.1, 0.15) is 17.8 Å². The molecule has 1 atom stereocenters. The highest BCUT2D eigenvalue weighted by Crippen LogP contribution is 2.35. The minimum absolute atomic E-state index is 0.0448. The van der Waals surface area contributed by atoms with E-state index in [4.69, 9.17) is 0 Å². The molecule has 124 valence electrons. The molecular weight excluding hydrogens is 300 g/mol. The first kappa shape index (κ1) is 15.1. The van der Waals surface area contributed by atoms with Gasteiger partial charge in [0.25, 0.3) is 0 Å². The Hall–Kier alpha value is -2.40. The van der Waals surface area contributed by atoms with E-state index in [1.807, 2.05) is 24.4 Å². The maximum atomic E-state index is 9.42. The van der Waals surface area contributed by atoms with Crippen LogP contribution < -0.4 is 4.90 Å². The minimum Gasteiger partial charge on any atom is -0.392 e. The summed E-state index contributed by atoms with van der Waals surface area (Å²) in [6.45, 7) is 4.42. The van der Waals surface area contributed by atoms with Crippen molar-refractivity contribution in [1.29, 1.82) is 0 Å². The van der Waals surface area contributed by atoms with Crippen molar-refractivity contribution in [3.05, 3.63) is 42.4 Å². The van der Waals surface area contributed by atoms with Crippen LogP contribution in [0.2, 0.25) is 0 Å². The van der Waals surface area contributed by atoms with E-state index >= 15 is 0 Å². The fourth-order valence-corrected chi connectivity index (χ4v) is 3.63. The first-order valence-electron chi connectivity index (χ1n) is 8.53. The molecule has 1 aromatic carbocycles. The quantitative estimate of drug-likeness (QED) is 0.776. The van der Waals surface area contributed by atoms with E-state index in [0.29, 0.717) is 5.92 Å². The number of aliphatic hydroxyl groups is 1. The van der Waals surface area contributed by atoms with Crippen LogP contribution in [0.1, 0.15) is 25.3 Å². The number of nitrogens with one attached hydrogen (secondary N) is 1. The second kappa shape index (κ2) is 6.24. The Morgan fingerprint density at radius 2 is 2.25 bits per heavy atom. The molecule has 3 heterocycles. The predicted molar refractivity (Wildman–Crippen MR) is 95.9 cm³/mol. The van der Waals surface area contributed by atoms with Crippen LogP contribution in [0.4, 0.5) is 5.82 Å². The zero-order valence-electron chi connectivity index (χ0n) is 13.9. The molecule has 0 unspecified atom stereocenters. The third-order valence-electron chi connectivity index (χ3n) is 4.83. The van der Waals surface area contributed by atoms with Gasteiger partial charge >= 0.3 is 0 Å². The molecule has 2 aromatic heterocycles. The summed E-state index contributed by atoms with van der Waals surface area (Å²) in [5, 5.41) is 10.5. The van der Waals surface area contributed by atoms with E-state index in [9.17, 15) is 5.11 Å². The second-order valence-corrected chi connectivity index (χ2v) is 6.68. The molecule has 1 saturated heterocycles. The number of rotatable bonds is 3. The van der Waals surface area contributed by atoms with Crippen molar-refractivity contribution < 1.29 is 5.11 Å². The van der Waals surface area contributed by atoms with Gasteiger partial charge in [-0.25, -0.2) is 9.97 Å². The zero-order chi connectivity index (χ0) is 16.5. The maximum Gasteiger partial charge on any atom is 0.143 e. The van der Waals surface area contributed by atoms with Gasteiger partial charge in [0.15, 0.2) is 0 Å². The number of benzene rings is 1. The normalized spacial score (nSPS) is 18.2. The largest absolute Gasteiger partial charge is 0.392 e. The fourth-order valence-electron chi connectivity index (χ4n) is 3.63. The van der Waals surface area contributed by atoms with Crippen LogP contribution >= 0.6 is 0 Å². The topological polar surface area (TPSA) is 65.0 Å². The first-order valence-corrected chi connectivity index (χ1v) is 8.53.